The number of thiazole rings is 1. The highest BCUT2D eigenvalue weighted by Gasteiger charge is 2.11. The van der Waals surface area contributed by atoms with Crippen molar-refractivity contribution in [1.29, 1.82) is 0 Å². The molecule has 0 unspecified atom stereocenters. The molecule has 0 saturated carbocycles. The first-order valence-electron chi connectivity index (χ1n) is 4.77. The first-order chi connectivity index (χ1) is 7.95. The Labute approximate surface area is 96.1 Å². The van der Waals surface area contributed by atoms with E-state index in [9.17, 15) is 0 Å². The molecule has 0 fully saturated rings. The summed E-state index contributed by atoms with van der Waals surface area (Å²) in [4.78, 5) is 15.7. The van der Waals surface area contributed by atoms with Gasteiger partial charge in [-0.1, -0.05) is 0 Å². The summed E-state index contributed by atoms with van der Waals surface area (Å²) in [6.45, 7) is 0. The molecule has 0 radical (unpaired) electrons. The lowest BCUT2D eigenvalue weighted by molar-refractivity contribution is 1.29. The van der Waals surface area contributed by atoms with Crippen LogP contribution in [0.1, 0.15) is 0 Å². The van der Waals surface area contributed by atoms with Crippen LogP contribution in [0, 0.1) is 0 Å². The van der Waals surface area contributed by atoms with Crippen LogP contribution >= 0.6 is 11.3 Å². The number of rotatable bonds is 2. The Bertz CT molecular complexity index is 571. The zero-order valence-electron chi connectivity index (χ0n) is 8.29. The van der Waals surface area contributed by atoms with Crippen molar-refractivity contribution in [1.82, 2.24) is 19.9 Å². The molecule has 0 aliphatic heterocycles. The Hall–Kier alpha value is -2.01. The van der Waals surface area contributed by atoms with Gasteiger partial charge >= 0.3 is 0 Å². The molecule has 0 aromatic carbocycles. The van der Waals surface area contributed by atoms with Crippen LogP contribution in [0.2, 0.25) is 0 Å². The molecule has 5 heteroatoms. The minimum absolute atomic E-state index is 0.910. The maximum Gasteiger partial charge on any atom is 0.0996 e. The van der Waals surface area contributed by atoms with Gasteiger partial charge < -0.3 is 4.98 Å². The molecule has 16 heavy (non-hydrogen) atoms. The van der Waals surface area contributed by atoms with Crippen LogP contribution in [0.4, 0.5) is 0 Å². The number of hydrogen-bond donors (Lipinski definition) is 1. The predicted octanol–water partition coefficient (Wildman–Crippen LogP) is 2.60. The highest BCUT2D eigenvalue weighted by Crippen LogP contribution is 2.27. The fourth-order valence-corrected chi connectivity index (χ4v) is 2.10. The van der Waals surface area contributed by atoms with Gasteiger partial charge in [0.15, 0.2) is 0 Å². The SMILES string of the molecule is c1cc(-c2nc[nH]c2-c2cscn2)ccn1. The summed E-state index contributed by atoms with van der Waals surface area (Å²) < 4.78 is 0. The highest BCUT2D eigenvalue weighted by atomic mass is 32.1. The summed E-state index contributed by atoms with van der Waals surface area (Å²) in [5.41, 5.74) is 5.64. The molecule has 0 saturated heterocycles. The molecule has 0 spiro atoms. The van der Waals surface area contributed by atoms with Crippen molar-refractivity contribution in [2.45, 2.75) is 0 Å². The molecule has 0 bridgehead atoms. The first-order valence-corrected chi connectivity index (χ1v) is 5.72. The van der Waals surface area contributed by atoms with Crippen molar-refractivity contribution in [3.63, 3.8) is 0 Å². The van der Waals surface area contributed by atoms with E-state index in [1.54, 1.807) is 30.1 Å². The normalized spacial score (nSPS) is 10.5. The van der Waals surface area contributed by atoms with E-state index >= 15 is 0 Å². The number of nitrogens with zero attached hydrogens (tertiary/aromatic N) is 3. The Kier molecular flexibility index (Phi) is 2.23. The maximum absolute atomic E-state index is 4.32. The van der Waals surface area contributed by atoms with E-state index in [1.807, 2.05) is 23.0 Å². The molecule has 3 aromatic rings. The van der Waals surface area contributed by atoms with Gasteiger partial charge in [-0.15, -0.1) is 11.3 Å². The lowest BCUT2D eigenvalue weighted by Gasteiger charge is -1.99. The van der Waals surface area contributed by atoms with Gasteiger partial charge in [-0.2, -0.15) is 0 Å². The van der Waals surface area contributed by atoms with Gasteiger partial charge in [-0.05, 0) is 12.1 Å². The third-order valence-electron chi connectivity index (χ3n) is 2.28. The van der Waals surface area contributed by atoms with Crippen molar-refractivity contribution < 1.29 is 0 Å². The Morgan fingerprint density at radius 3 is 2.75 bits per heavy atom. The summed E-state index contributed by atoms with van der Waals surface area (Å²) in [6.07, 6.45) is 5.20. The first kappa shape index (κ1) is 9.23. The number of imidazole rings is 1. The van der Waals surface area contributed by atoms with Gasteiger partial charge in [-0.25, -0.2) is 9.97 Å². The van der Waals surface area contributed by atoms with Crippen molar-refractivity contribution >= 4 is 11.3 Å². The van der Waals surface area contributed by atoms with Crippen LogP contribution in [-0.4, -0.2) is 19.9 Å². The molecular formula is C11H8N4S. The van der Waals surface area contributed by atoms with Gasteiger partial charge in [0.2, 0.25) is 0 Å². The molecule has 0 atom stereocenters. The zero-order chi connectivity index (χ0) is 10.8. The van der Waals surface area contributed by atoms with Gasteiger partial charge in [-0.3, -0.25) is 4.98 Å². The molecule has 0 aliphatic carbocycles. The number of aromatic amines is 1. The number of nitrogens with one attached hydrogen (secondary N) is 1. The Morgan fingerprint density at radius 1 is 1.12 bits per heavy atom. The lowest BCUT2D eigenvalue weighted by Crippen LogP contribution is -1.84. The zero-order valence-corrected chi connectivity index (χ0v) is 9.11. The predicted molar refractivity (Wildman–Crippen MR) is 62.9 cm³/mol. The topological polar surface area (TPSA) is 54.5 Å². The second kappa shape index (κ2) is 3.86. The van der Waals surface area contributed by atoms with E-state index in [1.165, 1.54) is 0 Å². The average Bonchev–Trinajstić information content (AvgIpc) is 3.01. The molecule has 4 nitrogen and oxygen atoms in total. The highest BCUT2D eigenvalue weighted by molar-refractivity contribution is 7.07. The van der Waals surface area contributed by atoms with E-state index in [4.69, 9.17) is 0 Å². The van der Waals surface area contributed by atoms with E-state index in [0.717, 1.165) is 22.6 Å². The van der Waals surface area contributed by atoms with E-state index in [-0.39, 0.29) is 0 Å². The van der Waals surface area contributed by atoms with Crippen LogP contribution < -0.4 is 0 Å². The standard InChI is InChI=1S/C11H8N4S/c1-3-12-4-2-8(1)10-11(14-6-13-10)9-5-16-7-15-9/h1-7H,(H,13,14). The molecule has 0 amide bonds. The average molecular weight is 228 g/mol. The van der Waals surface area contributed by atoms with E-state index in [0.29, 0.717) is 0 Å². The number of aromatic nitrogens is 4. The van der Waals surface area contributed by atoms with Crippen molar-refractivity contribution in [3.8, 4) is 22.6 Å². The third kappa shape index (κ3) is 1.51. The van der Waals surface area contributed by atoms with Crippen molar-refractivity contribution in [2.75, 3.05) is 0 Å². The molecule has 78 valence electrons. The lowest BCUT2D eigenvalue weighted by atomic mass is 10.1. The molecule has 1 N–H and O–H groups in total. The fraction of sp³-hybridized carbons (Fsp3) is 0. The van der Waals surface area contributed by atoms with E-state index < -0.39 is 0 Å². The number of hydrogen-bond acceptors (Lipinski definition) is 4. The van der Waals surface area contributed by atoms with Crippen LogP contribution in [0.15, 0.2) is 41.7 Å². The molecule has 3 aromatic heterocycles. The summed E-state index contributed by atoms with van der Waals surface area (Å²) in [5, 5.41) is 2.00. The van der Waals surface area contributed by atoms with Crippen LogP contribution in [0.5, 0.6) is 0 Å². The second-order valence-electron chi connectivity index (χ2n) is 3.24. The maximum atomic E-state index is 4.32. The molecular weight excluding hydrogens is 220 g/mol. The van der Waals surface area contributed by atoms with Crippen LogP contribution in [-0.2, 0) is 0 Å². The van der Waals surface area contributed by atoms with Gasteiger partial charge in [0.1, 0.15) is 0 Å². The van der Waals surface area contributed by atoms with Gasteiger partial charge in [0.05, 0.1) is 28.9 Å². The molecule has 3 heterocycles. The van der Waals surface area contributed by atoms with Gasteiger partial charge in [0.25, 0.3) is 0 Å². The monoisotopic (exact) mass is 228 g/mol. The second-order valence-corrected chi connectivity index (χ2v) is 3.95. The summed E-state index contributed by atoms with van der Waals surface area (Å²) in [5.74, 6) is 0. The fourth-order valence-electron chi connectivity index (χ4n) is 1.55. The van der Waals surface area contributed by atoms with Crippen LogP contribution in [0.25, 0.3) is 22.6 Å². The Morgan fingerprint density at radius 2 is 2.00 bits per heavy atom. The number of pyridine rings is 1. The third-order valence-corrected chi connectivity index (χ3v) is 2.87. The summed E-state index contributed by atoms with van der Waals surface area (Å²) in [6, 6.07) is 3.87. The molecule has 0 aliphatic rings. The number of H-pyrrole nitrogens is 1. The van der Waals surface area contributed by atoms with E-state index in [2.05, 4.69) is 19.9 Å². The minimum atomic E-state index is 0.910. The quantitative estimate of drug-likeness (QED) is 0.733. The molecule has 3 rings (SSSR count). The smallest absolute Gasteiger partial charge is 0.0996 e. The summed E-state index contributed by atoms with van der Waals surface area (Å²) in [7, 11) is 0. The summed E-state index contributed by atoms with van der Waals surface area (Å²) >= 11 is 1.57. The van der Waals surface area contributed by atoms with Gasteiger partial charge in [0, 0.05) is 23.3 Å². The largest absolute Gasteiger partial charge is 0.343 e. The van der Waals surface area contributed by atoms with Crippen LogP contribution in [0.3, 0.4) is 0 Å². The van der Waals surface area contributed by atoms with Crippen molar-refractivity contribution in [3.05, 3.63) is 41.7 Å². The van der Waals surface area contributed by atoms with Crippen molar-refractivity contribution in [2.24, 2.45) is 0 Å². The minimum Gasteiger partial charge on any atom is -0.343 e. The Balaban J connectivity index is 2.14.